The van der Waals surface area contributed by atoms with Crippen molar-refractivity contribution in [3.63, 3.8) is 0 Å². The number of alkyl halides is 1. The molecule has 4 rings (SSSR count). The van der Waals surface area contributed by atoms with Crippen LogP contribution in [0.1, 0.15) is 381 Å². The molecule has 22 atom stereocenters. The minimum atomic E-state index is -2.90. The van der Waals surface area contributed by atoms with E-state index in [0.29, 0.717) is 91.2 Å². The Hall–Kier alpha value is 0.241. The molecule has 0 aromatic carbocycles. The van der Waals surface area contributed by atoms with E-state index in [4.69, 9.17) is 64.7 Å². The monoisotopic (exact) mass is 2210 g/mol. The lowest BCUT2D eigenvalue weighted by molar-refractivity contribution is -0.121. The number of ketones is 1. The summed E-state index contributed by atoms with van der Waals surface area (Å²) >= 11 is 3.57. The van der Waals surface area contributed by atoms with Crippen molar-refractivity contribution in [1.82, 2.24) is 0 Å². The van der Waals surface area contributed by atoms with Gasteiger partial charge in [0.05, 0.1) is 87.0 Å². The van der Waals surface area contributed by atoms with E-state index in [0.717, 1.165) is 166 Å². The van der Waals surface area contributed by atoms with Crippen LogP contribution >= 0.6 is 46.4 Å². The van der Waals surface area contributed by atoms with E-state index >= 15 is 0 Å². The number of carbonyl (C=O) groups excluding carboxylic acids is 1. The summed E-state index contributed by atoms with van der Waals surface area (Å²) < 4.78 is 119. The maximum Gasteiger partial charge on any atom is 0.200 e. The van der Waals surface area contributed by atoms with Crippen molar-refractivity contribution in [3.8, 4) is 0 Å². The Labute approximate surface area is 889 Å². The van der Waals surface area contributed by atoms with Crippen molar-refractivity contribution >= 4 is 77.1 Å². The predicted octanol–water partition coefficient (Wildman–Crippen LogP) is 33.6. The highest BCUT2D eigenvalue weighted by atomic mass is 79.9. The molecule has 4 saturated carbocycles. The molecule has 0 aromatic heterocycles. The first kappa shape index (κ1) is 142. The number of unbranched alkanes of at least 4 members (excludes halogenated alkanes) is 20. The maximum absolute atomic E-state index is 12.6. The molecule has 0 amide bonds. The van der Waals surface area contributed by atoms with Gasteiger partial charge >= 0.3 is 0 Å². The van der Waals surface area contributed by atoms with Crippen molar-refractivity contribution in [3.05, 3.63) is 48.6 Å². The first-order valence-corrected chi connectivity index (χ1v) is 74.6. The topological polar surface area (TPSA) is 238 Å². The molecule has 142 heavy (non-hydrogen) atoms. The molecule has 0 bridgehead atoms. The van der Waals surface area contributed by atoms with E-state index in [9.17, 15) is 28.3 Å². The lowest BCUT2D eigenvalue weighted by Gasteiger charge is -2.40. The highest BCUT2D eigenvalue weighted by molar-refractivity contribution is 9.09. The van der Waals surface area contributed by atoms with E-state index in [2.05, 4.69) is 194 Å². The molecule has 6 unspecified atom stereocenters. The number of methoxy groups -OCH3 is 8. The zero-order valence-corrected chi connectivity index (χ0v) is 106. The second-order valence-corrected chi connectivity index (χ2v) is 70.7. The minimum absolute atomic E-state index is 0.0175. The zero-order valence-electron chi connectivity index (χ0n) is 98.1. The van der Waals surface area contributed by atoms with Crippen LogP contribution in [0.5, 0.6) is 0 Å². The number of halogens is 1. The standard InChI is InChI=1S/C30H61O5PSi.C29H59O5PSi.C27H53BrO3Si.C23H43O5P.C5H13O2P/c1-11-13-16-19-25(32-6)21-22-27-26(20-17-14-15-18-23-36(8,31)34-12-2)29(24-28(27)33-7)35-37(9,10)30(3,4)5;1-10-12-15-18-24(32-6)20-21-26-25(19-16-13-14-17-22-35(30,31)11-2)28(23-27(26)33-7)34-36(8,9)29(3,4)5;1-9-10-13-16-22(29-5)18-19-24-23(17-14-11-12-15-20-28)26(21-25(24)30-6)31-32(7,8)27(2,3)4;1-5-7-10-13-19(27-3)15-16-21-20(22(24)18-23(21)28-4)14-11-8-9-12-17-29(25,26)6-2;1-4-6-8(3)7-5-2/h21-22,25-29H,11-20,23-24H2,1-10H3;20-21,24-28H,10-19,22-23H2,1-9H3,(H,30,31);18-19,22-26H,9-17,20-21H2,1-8H3;15-16,19-21,23H,5-14,17-18H2,1-4H3,(H,25,26);4-5H2,1-3H3/b22-21+;21-20+;19-18+;16-15+;/t25-,26+,27?,28+,29-,36?;24-,25+,26+,27+,28?;22-,23+,24?,25+,26-;19-,20+,21+,23+;/m0000./s1. The van der Waals surface area contributed by atoms with Crippen LogP contribution in [0, 0.1) is 47.3 Å². The molecule has 2 N–H and O–H groups in total. The predicted molar refractivity (Wildman–Crippen MR) is 620 cm³/mol. The lowest BCUT2D eigenvalue weighted by Crippen LogP contribution is -2.45. The summed E-state index contributed by atoms with van der Waals surface area (Å²) in [7, 11) is 0.0627. The number of Topliss-reactive ketones (excluding diaryl/α,β-unsaturated/α-hetero) is 1. The lowest BCUT2D eigenvalue weighted by atomic mass is 9.87. The van der Waals surface area contributed by atoms with E-state index in [1.807, 2.05) is 70.1 Å². The van der Waals surface area contributed by atoms with Gasteiger partial charge in [-0.05, 0) is 189 Å². The van der Waals surface area contributed by atoms with Gasteiger partial charge in [0.1, 0.15) is 5.78 Å². The van der Waals surface area contributed by atoms with Gasteiger partial charge in [-0.3, -0.25) is 18.5 Å². The summed E-state index contributed by atoms with van der Waals surface area (Å²) in [6.07, 6.45) is 66.5. The van der Waals surface area contributed by atoms with Crippen LogP contribution in [-0.4, -0.2) is 234 Å². The van der Waals surface area contributed by atoms with Gasteiger partial charge in [-0.2, -0.15) is 0 Å². The quantitative estimate of drug-likeness (QED) is 0.0189. The Kier molecular flexibility index (Phi) is 78.5. The van der Waals surface area contributed by atoms with Gasteiger partial charge in [-0.25, -0.2) is 0 Å². The van der Waals surface area contributed by atoms with Gasteiger partial charge in [0.2, 0.25) is 0 Å². The smallest absolute Gasteiger partial charge is 0.200 e. The maximum atomic E-state index is 12.6. The van der Waals surface area contributed by atoms with E-state index in [1.165, 1.54) is 103 Å². The van der Waals surface area contributed by atoms with Gasteiger partial charge in [-0.1, -0.05) is 322 Å². The first-order valence-electron chi connectivity index (χ1n) is 56.8. The van der Waals surface area contributed by atoms with Crippen LogP contribution in [0.3, 0.4) is 0 Å². The van der Waals surface area contributed by atoms with Crippen LogP contribution in [0.2, 0.25) is 54.4 Å². The molecule has 4 aliphatic carbocycles. The number of rotatable bonds is 73. The summed E-state index contributed by atoms with van der Waals surface area (Å²) in [6.45, 7) is 59.3. The van der Waals surface area contributed by atoms with Crippen LogP contribution in [0.15, 0.2) is 48.6 Å². The summed E-state index contributed by atoms with van der Waals surface area (Å²) in [4.78, 5) is 32.1. The average molecular weight is 2210 g/mol. The second kappa shape index (κ2) is 78.4. The molecule has 0 heterocycles. The fourth-order valence-corrected chi connectivity index (χ4v) is 28.5. The number of hydrogen-bond acceptors (Lipinski definition) is 18. The summed E-state index contributed by atoms with van der Waals surface area (Å²) in [5, 5.41) is 1.69. The van der Waals surface area contributed by atoms with E-state index < -0.39 is 55.4 Å². The second-order valence-electron chi connectivity index (χ2n) is 46.0. The largest absolute Gasteiger partial charge is 0.414 e. The molecule has 0 radical (unpaired) electrons. The Morgan fingerprint density at radius 2 is 0.648 bits per heavy atom. The summed E-state index contributed by atoms with van der Waals surface area (Å²) in [5.41, 5.74) is 0. The molecular weight excluding hydrogens is 1980 g/mol. The molecule has 0 saturated heterocycles. The van der Waals surface area contributed by atoms with Gasteiger partial charge < -0.3 is 74.5 Å². The van der Waals surface area contributed by atoms with Crippen molar-refractivity contribution in [2.45, 2.75) is 503 Å². The minimum Gasteiger partial charge on any atom is -0.414 e. The summed E-state index contributed by atoms with van der Waals surface area (Å²) in [6, 6.07) is 0. The van der Waals surface area contributed by atoms with Gasteiger partial charge in [0.15, 0.2) is 55.4 Å². The highest BCUT2D eigenvalue weighted by Gasteiger charge is 2.52. The fraction of sp³-hybridized carbons (Fsp3) is 0.921. The first-order chi connectivity index (χ1) is 66.9. The van der Waals surface area contributed by atoms with Gasteiger partial charge in [0.25, 0.3) is 0 Å². The summed E-state index contributed by atoms with van der Waals surface area (Å²) in [5.74, 6) is 2.92. The SMILES string of the molecule is CCCCC[C@@H](/C=C/C1[C@@H](CCCCCCBr)[C@@H](O[Si](C)(C)C(C)(C)C)C[C@H]1OC)OC.CCCCC[C@@H](/C=C/C1[C@@H](CCCCCCP(C)(=O)OCC)[C@@H](O[Si](C)(C)C(C)(C)C)C[C@H]1OC)OC.CCCCC[C@@H](/C=C/[C@H]1[C@H](OC)CC(=O)[C@@H]1CCCCCCP(=O)(O)CC)OC.CCCCC[C@@H](/C=C/[C@H]1[C@H](OC)CC(O[Si](C)(C)C(C)(C)C)[C@@H]1CCCCCCP(=O)(O)CC)OC.CCOP(C)OCC. The van der Waals surface area contributed by atoms with Crippen LogP contribution in [-0.2, 0) is 83.2 Å². The van der Waals surface area contributed by atoms with E-state index in [-0.39, 0.29) is 88.0 Å². The van der Waals surface area contributed by atoms with Crippen molar-refractivity contribution in [2.75, 3.05) is 126 Å². The van der Waals surface area contributed by atoms with Crippen LogP contribution in [0.4, 0.5) is 0 Å². The zero-order chi connectivity index (χ0) is 108. The number of ether oxygens (including phenoxy) is 8. The Morgan fingerprint density at radius 3 is 0.901 bits per heavy atom. The molecule has 20 nitrogen and oxygen atoms in total. The third kappa shape index (κ3) is 58.7. The molecule has 0 spiro atoms. The Bertz CT molecular complexity index is 3380. The molecule has 28 heteroatoms. The van der Waals surface area contributed by atoms with Gasteiger partial charge in [0, 0.05) is 142 Å². The molecule has 0 aromatic rings. The molecule has 844 valence electrons. The van der Waals surface area contributed by atoms with Crippen LogP contribution < -0.4 is 0 Å². The highest BCUT2D eigenvalue weighted by Crippen LogP contribution is 2.52. The molecule has 4 fully saturated rings. The van der Waals surface area contributed by atoms with E-state index in [1.54, 1.807) is 34.7 Å². The van der Waals surface area contributed by atoms with Crippen molar-refractivity contribution in [2.24, 2.45) is 47.3 Å². The van der Waals surface area contributed by atoms with Crippen LogP contribution in [0.25, 0.3) is 0 Å². The van der Waals surface area contributed by atoms with Crippen molar-refractivity contribution < 1.29 is 93.0 Å². The van der Waals surface area contributed by atoms with Crippen molar-refractivity contribution in [1.29, 1.82) is 0 Å². The molecular formula is C114H229BrO20P4Si3. The number of carbonyl (C=O) groups is 1. The number of hydrogen-bond donors (Lipinski definition) is 2. The normalized spacial score (nSPS) is 24.8. The Morgan fingerprint density at radius 1 is 0.373 bits per heavy atom. The Balaban J connectivity index is 0.00000182. The molecule has 4 aliphatic rings. The fourth-order valence-electron chi connectivity index (χ4n) is 19.6. The third-order valence-electron chi connectivity index (χ3n) is 31.9. The average Bonchev–Trinajstić information content (AvgIpc) is 1.65. The van der Waals surface area contributed by atoms with Gasteiger partial charge in [-0.15, -0.1) is 0 Å². The molecule has 0 aliphatic heterocycles. The third-order valence-corrected chi connectivity index (χ3v) is 53.2.